The fourth-order valence-electron chi connectivity index (χ4n) is 10.4. The summed E-state index contributed by atoms with van der Waals surface area (Å²) in [7, 11) is 1.59. The molecule has 7 rings (SSSR count). The van der Waals surface area contributed by atoms with Crippen LogP contribution in [0.5, 0.6) is 0 Å². The average Bonchev–Trinajstić information content (AvgIpc) is 3.50. The van der Waals surface area contributed by atoms with E-state index in [0.29, 0.717) is 55.1 Å². The van der Waals surface area contributed by atoms with Crippen LogP contribution in [0.1, 0.15) is 105 Å². The molecule has 0 aromatic carbocycles. The molecule has 12 nitrogen and oxygen atoms in total. The Hall–Kier alpha value is -2.42. The molecule has 306 valence electrons. The maximum absolute atomic E-state index is 14.4. The molecule has 1 spiro atoms. The Morgan fingerprint density at radius 3 is 2.55 bits per heavy atom. The van der Waals surface area contributed by atoms with Crippen molar-refractivity contribution >= 4 is 11.7 Å². The summed E-state index contributed by atoms with van der Waals surface area (Å²) in [4.78, 5) is 14.4. The minimum absolute atomic E-state index is 0.0359. The van der Waals surface area contributed by atoms with E-state index in [1.165, 1.54) is 19.3 Å². The molecule has 3 N–H and O–H groups in total. The number of rotatable bonds is 4. The molecule has 2 aliphatic carbocycles. The summed E-state index contributed by atoms with van der Waals surface area (Å²) in [5.74, 6) is -1.83. The Balaban J connectivity index is 1.25. The van der Waals surface area contributed by atoms with Gasteiger partial charge in [-0.1, -0.05) is 68.6 Å². The van der Waals surface area contributed by atoms with Crippen molar-refractivity contribution in [3.05, 3.63) is 47.1 Å². The molecule has 0 amide bonds. The number of hydrogen-bond donors (Lipinski definition) is 3. The quantitative estimate of drug-likeness (QED) is 0.132. The third-order valence-corrected chi connectivity index (χ3v) is 13.6. The molecular weight excluding hydrogens is 706 g/mol. The van der Waals surface area contributed by atoms with Gasteiger partial charge in [-0.3, -0.25) is 4.79 Å². The van der Waals surface area contributed by atoms with Crippen molar-refractivity contribution < 1.29 is 53.4 Å². The number of allylic oxidation sites excluding steroid dienone is 2. The Labute approximate surface area is 325 Å². The molecule has 2 bridgehead atoms. The minimum Gasteiger partial charge on any atom is -0.462 e. The van der Waals surface area contributed by atoms with Gasteiger partial charge in [-0.25, -0.2) is 0 Å². The van der Waals surface area contributed by atoms with Crippen LogP contribution in [-0.4, -0.2) is 107 Å². The second-order valence-electron chi connectivity index (χ2n) is 17.4. The minimum atomic E-state index is -1.83. The smallest absolute Gasteiger partial charge is 0.316 e. The number of esters is 1. The lowest BCUT2D eigenvalue weighted by Crippen LogP contribution is -2.57. The molecular formula is C43H63NO11. The van der Waals surface area contributed by atoms with Crippen molar-refractivity contribution in [2.24, 2.45) is 28.8 Å². The third kappa shape index (κ3) is 8.17. The number of hydrogen-bond acceptors (Lipinski definition) is 12. The zero-order valence-corrected chi connectivity index (χ0v) is 33.4. The van der Waals surface area contributed by atoms with E-state index in [1.807, 2.05) is 19.1 Å². The highest BCUT2D eigenvalue weighted by molar-refractivity contribution is 6.06. The van der Waals surface area contributed by atoms with Crippen molar-refractivity contribution in [3.8, 4) is 0 Å². The lowest BCUT2D eigenvalue weighted by atomic mass is 9.71. The van der Waals surface area contributed by atoms with Gasteiger partial charge in [-0.2, -0.15) is 0 Å². The maximum Gasteiger partial charge on any atom is 0.316 e. The highest BCUT2D eigenvalue weighted by Gasteiger charge is 2.60. The number of carbonyl (C=O) groups is 1. The second kappa shape index (κ2) is 16.8. The van der Waals surface area contributed by atoms with Gasteiger partial charge >= 0.3 is 5.97 Å². The highest BCUT2D eigenvalue weighted by atomic mass is 16.7. The number of methoxy groups -OCH3 is 1. The number of aliphatic hydroxyl groups is 2. The average molecular weight is 770 g/mol. The molecule has 5 heterocycles. The Kier molecular flexibility index (Phi) is 12.5. The fourth-order valence-corrected chi connectivity index (χ4v) is 10.4. The normalized spacial score (nSPS) is 46.9. The van der Waals surface area contributed by atoms with E-state index in [0.717, 1.165) is 24.8 Å². The summed E-state index contributed by atoms with van der Waals surface area (Å²) in [5, 5.41) is 36.7. The van der Waals surface area contributed by atoms with Crippen molar-refractivity contribution in [1.82, 2.24) is 0 Å². The Bertz CT molecular complexity index is 1550. The molecule has 4 saturated heterocycles. The summed E-state index contributed by atoms with van der Waals surface area (Å²) in [6.45, 7) is 10.0. The number of fused-ring (bicyclic) bond motifs is 2. The van der Waals surface area contributed by atoms with E-state index in [2.05, 4.69) is 32.0 Å². The lowest BCUT2D eigenvalue weighted by Gasteiger charge is -2.51. The van der Waals surface area contributed by atoms with E-state index < -0.39 is 66.2 Å². The van der Waals surface area contributed by atoms with Gasteiger partial charge in [0.15, 0.2) is 12.1 Å². The summed E-state index contributed by atoms with van der Waals surface area (Å²) >= 11 is 0. The van der Waals surface area contributed by atoms with Gasteiger partial charge in [0.25, 0.3) is 0 Å². The van der Waals surface area contributed by atoms with Gasteiger partial charge in [0.1, 0.15) is 35.5 Å². The van der Waals surface area contributed by atoms with E-state index in [-0.39, 0.29) is 30.4 Å². The lowest BCUT2D eigenvalue weighted by molar-refractivity contribution is -0.342. The van der Waals surface area contributed by atoms with Crippen LogP contribution in [0.3, 0.4) is 0 Å². The van der Waals surface area contributed by atoms with Crippen LogP contribution in [0.2, 0.25) is 0 Å². The highest BCUT2D eigenvalue weighted by Crippen LogP contribution is 2.48. The largest absolute Gasteiger partial charge is 0.462 e. The third-order valence-electron chi connectivity index (χ3n) is 13.6. The predicted octanol–water partition coefficient (Wildman–Crippen LogP) is 6.07. The second-order valence-corrected chi connectivity index (χ2v) is 17.4. The van der Waals surface area contributed by atoms with Crippen LogP contribution >= 0.6 is 0 Å². The van der Waals surface area contributed by atoms with Gasteiger partial charge in [0.2, 0.25) is 0 Å². The molecule has 0 aromatic heterocycles. The molecule has 5 fully saturated rings. The first-order valence-electron chi connectivity index (χ1n) is 20.7. The summed E-state index contributed by atoms with van der Waals surface area (Å²) < 4.78 is 45.1. The molecule has 1 saturated carbocycles. The van der Waals surface area contributed by atoms with Gasteiger partial charge in [-0.05, 0) is 75.0 Å². The maximum atomic E-state index is 14.4. The number of oxime groups is 1. The van der Waals surface area contributed by atoms with E-state index >= 15 is 0 Å². The first-order chi connectivity index (χ1) is 26.4. The number of aliphatic hydroxyl groups excluding tert-OH is 1. The molecule has 0 aromatic rings. The summed E-state index contributed by atoms with van der Waals surface area (Å²) in [5.41, 5.74) is 0.362. The number of carbonyl (C=O) groups excluding carboxylic acids is 1. The van der Waals surface area contributed by atoms with Gasteiger partial charge < -0.3 is 48.6 Å². The van der Waals surface area contributed by atoms with Crippen molar-refractivity contribution in [3.63, 3.8) is 0 Å². The molecule has 55 heavy (non-hydrogen) atoms. The van der Waals surface area contributed by atoms with Crippen LogP contribution in [0, 0.1) is 23.7 Å². The van der Waals surface area contributed by atoms with Crippen molar-refractivity contribution in [2.75, 3.05) is 13.7 Å². The van der Waals surface area contributed by atoms with Crippen LogP contribution in [-0.2, 0) is 38.0 Å². The van der Waals surface area contributed by atoms with E-state index in [4.69, 9.17) is 33.2 Å². The molecule has 14 atom stereocenters. The molecule has 0 unspecified atom stereocenters. The van der Waals surface area contributed by atoms with E-state index in [1.54, 1.807) is 26.2 Å². The SMILES string of the molecule is CO[C@H]1C[C@H](O[C@@H]2/C(C)=C/C[C@@H]3C[C@@H](C[C@]4(CC[C@H](C)[C@@H](C5CCCCC5)O4)O3)OC(=O)[C@@H]3C=C(C)C(=NO)[C@H]4OCC(=C/C=C\[C@@H]2C)[C@]43O)O[C@@H](C)[C@@H]1O. The topological polar surface area (TPSA) is 155 Å². The van der Waals surface area contributed by atoms with Gasteiger partial charge in [0, 0.05) is 38.7 Å². The summed E-state index contributed by atoms with van der Waals surface area (Å²) in [6.07, 6.45) is 14.4. The monoisotopic (exact) mass is 769 g/mol. The Morgan fingerprint density at radius 2 is 1.80 bits per heavy atom. The zero-order chi connectivity index (χ0) is 39.1. The fraction of sp³-hybridized carbons (Fsp3) is 0.767. The zero-order valence-electron chi connectivity index (χ0n) is 33.4. The van der Waals surface area contributed by atoms with E-state index in [9.17, 15) is 20.2 Å². The van der Waals surface area contributed by atoms with Crippen LogP contribution in [0.4, 0.5) is 0 Å². The summed E-state index contributed by atoms with van der Waals surface area (Å²) in [6, 6.07) is 0. The van der Waals surface area contributed by atoms with Crippen molar-refractivity contribution in [2.45, 2.75) is 172 Å². The molecule has 5 aliphatic heterocycles. The number of nitrogens with zero attached hydrogens (tertiary/aromatic N) is 1. The van der Waals surface area contributed by atoms with Crippen LogP contribution in [0.15, 0.2) is 52.3 Å². The number of ether oxygens (including phenoxy) is 7. The van der Waals surface area contributed by atoms with Crippen molar-refractivity contribution in [1.29, 1.82) is 0 Å². The standard InChI is InChI=1S/C43H63NO11/c1-24-11-10-14-30-23-50-40-36(44-48)27(4)19-33(43(30,40)47)41(46)52-32-20-31(16-15-25(2)38(24)53-35-21-34(49-6)37(45)28(5)51-35)54-42(22-32)18-17-26(3)39(55-42)29-12-8-7-9-13-29/h10-11,14-15,19,24,26,28-29,31-35,37-40,45,47-48H,7-9,12-13,16-18,20-23H2,1-6H3/b11-10-,25-15+,30-14?,44-36?/t24-,26-,28-,31+,32-,33-,34-,35-,37-,38-,39-,40+,42+,43+/m0/s1. The molecule has 7 aliphatic rings. The van der Waals surface area contributed by atoms with Crippen LogP contribution in [0.25, 0.3) is 0 Å². The predicted molar refractivity (Wildman–Crippen MR) is 203 cm³/mol. The first kappa shape index (κ1) is 40.8. The van der Waals surface area contributed by atoms with Crippen LogP contribution < -0.4 is 0 Å². The molecule has 12 heteroatoms. The Morgan fingerprint density at radius 1 is 1.02 bits per heavy atom. The van der Waals surface area contributed by atoms with Gasteiger partial charge in [-0.15, -0.1) is 0 Å². The first-order valence-corrected chi connectivity index (χ1v) is 20.7. The van der Waals surface area contributed by atoms with Gasteiger partial charge in [0.05, 0.1) is 37.1 Å². The molecule has 0 radical (unpaired) electrons.